The minimum atomic E-state index is -1.84. The lowest BCUT2D eigenvalue weighted by atomic mass is 9.94. The molecule has 2 heterocycles. The Balaban J connectivity index is 1.91. The van der Waals surface area contributed by atoms with Crippen LogP contribution in [0.2, 0.25) is 0 Å². The second-order valence-electron chi connectivity index (χ2n) is 10.9. The third-order valence-electron chi connectivity index (χ3n) is 5.66. The topological polar surface area (TPSA) is 113 Å². The van der Waals surface area contributed by atoms with Gasteiger partial charge in [-0.3, -0.25) is 9.59 Å². The molecule has 198 valence electrons. The fraction of sp³-hybridized carbons (Fsp3) is 0.577. The summed E-state index contributed by atoms with van der Waals surface area (Å²) in [6.45, 7) is 9.64. The number of methoxy groups -OCH3 is 1. The van der Waals surface area contributed by atoms with E-state index in [-0.39, 0.29) is 6.61 Å². The van der Waals surface area contributed by atoms with E-state index in [1.807, 2.05) is 0 Å². The van der Waals surface area contributed by atoms with Crippen molar-refractivity contribution in [2.24, 2.45) is 10.8 Å². The first-order chi connectivity index (χ1) is 16.7. The van der Waals surface area contributed by atoms with Crippen molar-refractivity contribution in [1.82, 2.24) is 0 Å². The molecule has 9 nitrogen and oxygen atoms in total. The smallest absolute Gasteiger partial charge is 0.336 e. The van der Waals surface area contributed by atoms with Crippen LogP contribution in [0.3, 0.4) is 0 Å². The van der Waals surface area contributed by atoms with E-state index in [9.17, 15) is 14.4 Å². The van der Waals surface area contributed by atoms with Crippen LogP contribution in [0, 0.1) is 10.8 Å². The van der Waals surface area contributed by atoms with Crippen molar-refractivity contribution in [3.63, 3.8) is 0 Å². The predicted molar refractivity (Wildman–Crippen MR) is 130 cm³/mol. The number of rotatable bonds is 6. The summed E-state index contributed by atoms with van der Waals surface area (Å²) >= 11 is 0. The molecule has 0 saturated carbocycles. The molecule has 0 unspecified atom stereocenters. The molecule has 10 heteroatoms. The van der Waals surface area contributed by atoms with Gasteiger partial charge in [-0.1, -0.05) is 0 Å². The maximum atomic E-state index is 15.8. The number of hydrogen-bond donors (Lipinski definition) is 1. The number of benzene rings is 1. The van der Waals surface area contributed by atoms with E-state index in [4.69, 9.17) is 23.4 Å². The number of carbonyl (C=O) groups is 2. The van der Waals surface area contributed by atoms with Crippen LogP contribution in [0.5, 0.6) is 0 Å². The number of halogens is 1. The monoisotopic (exact) mass is 507 g/mol. The normalized spacial score (nSPS) is 24.8. The molecular weight excluding hydrogens is 473 g/mol. The van der Waals surface area contributed by atoms with Crippen molar-refractivity contribution in [2.75, 3.05) is 19.0 Å². The highest BCUT2D eigenvalue weighted by molar-refractivity contribution is 5.80. The van der Waals surface area contributed by atoms with Crippen LogP contribution in [-0.2, 0) is 28.5 Å². The van der Waals surface area contributed by atoms with Gasteiger partial charge in [0, 0.05) is 30.3 Å². The van der Waals surface area contributed by atoms with Gasteiger partial charge in [0.2, 0.25) is 0 Å². The van der Waals surface area contributed by atoms with Gasteiger partial charge in [-0.15, -0.1) is 0 Å². The van der Waals surface area contributed by atoms with E-state index >= 15 is 4.39 Å². The summed E-state index contributed by atoms with van der Waals surface area (Å²) in [5, 5.41) is 3.80. The molecule has 1 aliphatic heterocycles. The summed E-state index contributed by atoms with van der Waals surface area (Å²) in [7, 11) is 1.37. The van der Waals surface area contributed by atoms with Crippen molar-refractivity contribution in [3.05, 3.63) is 40.8 Å². The molecule has 1 saturated heterocycles. The lowest BCUT2D eigenvalue weighted by molar-refractivity contribution is -0.250. The highest BCUT2D eigenvalue weighted by Gasteiger charge is 2.50. The minimum absolute atomic E-state index is 0.324. The van der Waals surface area contributed by atoms with Crippen LogP contribution >= 0.6 is 0 Å². The largest absolute Gasteiger partial charge is 0.462 e. The summed E-state index contributed by atoms with van der Waals surface area (Å²) in [6, 6.07) is 6.98. The van der Waals surface area contributed by atoms with Gasteiger partial charge in [-0.05, 0) is 59.7 Å². The zero-order valence-corrected chi connectivity index (χ0v) is 21.6. The Morgan fingerprint density at radius 3 is 2.28 bits per heavy atom. The number of esters is 2. The van der Waals surface area contributed by atoms with Crippen LogP contribution in [0.25, 0.3) is 11.0 Å². The molecule has 1 N–H and O–H groups in total. The zero-order chi connectivity index (χ0) is 26.8. The molecule has 1 aromatic heterocycles. The summed E-state index contributed by atoms with van der Waals surface area (Å²) < 4.78 is 43.3. The second kappa shape index (κ2) is 10.6. The summed E-state index contributed by atoms with van der Waals surface area (Å²) in [5.41, 5.74) is -1.40. The average molecular weight is 508 g/mol. The van der Waals surface area contributed by atoms with E-state index in [0.717, 1.165) is 0 Å². The van der Waals surface area contributed by atoms with Crippen LogP contribution in [0.15, 0.2) is 39.5 Å². The Hall–Kier alpha value is -2.98. The number of hydrogen-bond acceptors (Lipinski definition) is 9. The van der Waals surface area contributed by atoms with Crippen LogP contribution in [0.4, 0.5) is 10.1 Å². The number of fused-ring (bicyclic) bond motifs is 1. The molecule has 1 aromatic carbocycles. The fourth-order valence-electron chi connectivity index (χ4n) is 3.54. The van der Waals surface area contributed by atoms with E-state index < -0.39 is 59.1 Å². The van der Waals surface area contributed by atoms with Crippen LogP contribution in [-0.4, -0.2) is 56.4 Å². The Bertz CT molecular complexity index is 1150. The lowest BCUT2D eigenvalue weighted by Crippen LogP contribution is -2.62. The van der Waals surface area contributed by atoms with Crippen molar-refractivity contribution in [1.29, 1.82) is 0 Å². The van der Waals surface area contributed by atoms with Gasteiger partial charge >= 0.3 is 17.6 Å². The molecule has 0 radical (unpaired) electrons. The zero-order valence-electron chi connectivity index (χ0n) is 21.6. The maximum Gasteiger partial charge on any atom is 0.336 e. The Morgan fingerprint density at radius 2 is 1.67 bits per heavy atom. The number of alkyl halides is 1. The summed E-state index contributed by atoms with van der Waals surface area (Å²) in [6.07, 6.45) is -5.48. The molecule has 3 rings (SSSR count). The summed E-state index contributed by atoms with van der Waals surface area (Å²) in [5.74, 6) is -1.14. The Labute approximate surface area is 209 Å². The van der Waals surface area contributed by atoms with Crippen molar-refractivity contribution in [2.45, 2.75) is 72.3 Å². The van der Waals surface area contributed by atoms with E-state index in [1.165, 1.54) is 13.2 Å². The van der Waals surface area contributed by atoms with Gasteiger partial charge < -0.3 is 28.7 Å². The third-order valence-corrected chi connectivity index (χ3v) is 5.66. The van der Waals surface area contributed by atoms with Crippen LogP contribution in [0.1, 0.15) is 41.5 Å². The highest BCUT2D eigenvalue weighted by atomic mass is 19.1. The fourth-order valence-corrected chi connectivity index (χ4v) is 3.54. The molecule has 1 fully saturated rings. The molecule has 0 spiro atoms. The van der Waals surface area contributed by atoms with Gasteiger partial charge in [0.15, 0.2) is 18.6 Å². The number of nitrogens with one attached hydrogen (secondary N) is 1. The first kappa shape index (κ1) is 27.6. The van der Waals surface area contributed by atoms with Gasteiger partial charge in [-0.25, -0.2) is 9.18 Å². The predicted octanol–water partition coefficient (Wildman–Crippen LogP) is 3.83. The van der Waals surface area contributed by atoms with Gasteiger partial charge in [0.05, 0.1) is 10.8 Å². The molecule has 1 aliphatic rings. The molecule has 0 bridgehead atoms. The Morgan fingerprint density at radius 1 is 1.03 bits per heavy atom. The van der Waals surface area contributed by atoms with Crippen LogP contribution < -0.4 is 10.9 Å². The van der Waals surface area contributed by atoms with Gasteiger partial charge in [-0.2, -0.15) is 0 Å². The van der Waals surface area contributed by atoms with Crippen molar-refractivity contribution >= 4 is 28.6 Å². The molecular formula is C26H34FNO8. The standard InChI is InChI=1S/C26H34FNO8/c1-25(2,3)23(30)33-13-17-19(27)21(36-24(31)26(4,5)6)20(22(32-7)35-17)28-15-10-8-14-9-11-18(29)34-16(14)12-15/h8-12,17,19-22,28H,13H2,1-7H3/t17-,19-,20-,21+,22+/m1/s1. The molecule has 5 atom stereocenters. The second-order valence-corrected chi connectivity index (χ2v) is 10.9. The number of ether oxygens (including phenoxy) is 4. The van der Waals surface area contributed by atoms with Gasteiger partial charge in [0.1, 0.15) is 24.3 Å². The average Bonchev–Trinajstić information content (AvgIpc) is 2.78. The Kier molecular flexibility index (Phi) is 8.10. The van der Waals surface area contributed by atoms with E-state index in [2.05, 4.69) is 5.32 Å². The minimum Gasteiger partial charge on any atom is -0.462 e. The first-order valence-corrected chi connectivity index (χ1v) is 11.7. The molecule has 2 aromatic rings. The van der Waals surface area contributed by atoms with E-state index in [0.29, 0.717) is 16.7 Å². The third kappa shape index (κ3) is 6.41. The SMILES string of the molecule is CO[C@H]1O[C@H](COC(=O)C(C)(C)C)[C@@H](F)[C@H](OC(=O)C(C)(C)C)[C@H]1Nc1ccc2ccc(=O)oc2c1. The lowest BCUT2D eigenvalue weighted by Gasteiger charge is -2.43. The molecule has 0 aliphatic carbocycles. The highest BCUT2D eigenvalue weighted by Crippen LogP contribution is 2.32. The maximum absolute atomic E-state index is 15.8. The number of carbonyl (C=O) groups excluding carboxylic acids is 2. The summed E-state index contributed by atoms with van der Waals surface area (Å²) in [4.78, 5) is 36.6. The number of anilines is 1. The first-order valence-electron chi connectivity index (χ1n) is 11.7. The van der Waals surface area contributed by atoms with Crippen molar-refractivity contribution < 1.29 is 37.3 Å². The van der Waals surface area contributed by atoms with Gasteiger partial charge in [0.25, 0.3) is 0 Å². The van der Waals surface area contributed by atoms with E-state index in [1.54, 1.807) is 65.8 Å². The quantitative estimate of drug-likeness (QED) is 0.460. The van der Waals surface area contributed by atoms with Crippen molar-refractivity contribution in [3.8, 4) is 0 Å². The molecule has 36 heavy (non-hydrogen) atoms. The molecule has 0 amide bonds.